The van der Waals surface area contributed by atoms with Gasteiger partial charge in [0, 0.05) is 24.7 Å². The van der Waals surface area contributed by atoms with Gasteiger partial charge >= 0.3 is 0 Å². The zero-order valence-electron chi connectivity index (χ0n) is 11.7. The van der Waals surface area contributed by atoms with Crippen LogP contribution in [0.25, 0.3) is 0 Å². The quantitative estimate of drug-likeness (QED) is 0.829. The second kappa shape index (κ2) is 7.61. The number of nitrogens with zero attached hydrogens (tertiary/aromatic N) is 1. The van der Waals surface area contributed by atoms with Gasteiger partial charge in [-0.2, -0.15) is 4.31 Å². The number of halogens is 2. The summed E-state index contributed by atoms with van der Waals surface area (Å²) in [5, 5.41) is 0.509. The van der Waals surface area contributed by atoms with Crippen LogP contribution < -0.4 is 5.73 Å². The van der Waals surface area contributed by atoms with Crippen LogP contribution >= 0.6 is 23.2 Å². The summed E-state index contributed by atoms with van der Waals surface area (Å²) >= 11 is 12.0. The molecule has 0 fully saturated rings. The van der Waals surface area contributed by atoms with Crippen molar-refractivity contribution in [2.45, 2.75) is 38.1 Å². The van der Waals surface area contributed by atoms with Crippen molar-refractivity contribution in [2.75, 3.05) is 13.1 Å². The van der Waals surface area contributed by atoms with Crippen molar-refractivity contribution in [1.29, 1.82) is 0 Å². The van der Waals surface area contributed by atoms with E-state index in [1.807, 2.05) is 6.92 Å². The van der Waals surface area contributed by atoms with E-state index in [2.05, 4.69) is 0 Å². The van der Waals surface area contributed by atoms with Crippen molar-refractivity contribution < 1.29 is 8.42 Å². The van der Waals surface area contributed by atoms with Crippen molar-refractivity contribution >= 4 is 33.2 Å². The standard InChI is InChI=1S/C13H20Cl2N2O2S/c1-3-5-6-17(4-2)20(18,19)13-7-10(9-16)11(14)8-12(13)15/h7-8H,3-6,9,16H2,1-2H3. The van der Waals surface area contributed by atoms with Crippen LogP contribution in [0.1, 0.15) is 32.3 Å². The molecule has 1 aromatic rings. The highest BCUT2D eigenvalue weighted by Gasteiger charge is 2.26. The van der Waals surface area contributed by atoms with Gasteiger partial charge in [-0.05, 0) is 24.1 Å². The lowest BCUT2D eigenvalue weighted by atomic mass is 10.2. The maximum Gasteiger partial charge on any atom is 0.244 e. The monoisotopic (exact) mass is 338 g/mol. The maximum atomic E-state index is 12.6. The molecule has 2 N–H and O–H groups in total. The lowest BCUT2D eigenvalue weighted by molar-refractivity contribution is 0.419. The van der Waals surface area contributed by atoms with Gasteiger partial charge in [0.2, 0.25) is 10.0 Å². The number of nitrogens with two attached hydrogens (primary N) is 1. The highest BCUT2D eigenvalue weighted by molar-refractivity contribution is 7.89. The molecule has 1 rings (SSSR count). The Morgan fingerprint density at radius 3 is 2.35 bits per heavy atom. The molecule has 20 heavy (non-hydrogen) atoms. The van der Waals surface area contributed by atoms with E-state index in [0.29, 0.717) is 23.7 Å². The molecule has 0 aliphatic heterocycles. The van der Waals surface area contributed by atoms with Gasteiger partial charge in [-0.1, -0.05) is 43.5 Å². The summed E-state index contributed by atoms with van der Waals surface area (Å²) in [5.74, 6) is 0. The predicted octanol–water partition coefficient (Wildman–Crippen LogP) is 3.26. The third-order valence-corrected chi connectivity index (χ3v) is 5.84. The third-order valence-electron chi connectivity index (χ3n) is 3.05. The Labute approximate surface area is 130 Å². The summed E-state index contributed by atoms with van der Waals surface area (Å²) in [6.07, 6.45) is 1.73. The van der Waals surface area contributed by atoms with Gasteiger partial charge in [-0.25, -0.2) is 8.42 Å². The van der Waals surface area contributed by atoms with Gasteiger partial charge in [-0.3, -0.25) is 0 Å². The fraction of sp³-hybridized carbons (Fsp3) is 0.538. The molecule has 0 heterocycles. The predicted molar refractivity (Wildman–Crippen MR) is 83.7 cm³/mol. The molecule has 0 bridgehead atoms. The fourth-order valence-corrected chi connectivity index (χ4v) is 4.18. The topological polar surface area (TPSA) is 63.4 Å². The molecule has 0 unspecified atom stereocenters. The second-order valence-electron chi connectivity index (χ2n) is 4.43. The molecule has 0 spiro atoms. The summed E-state index contributed by atoms with van der Waals surface area (Å²) in [5.41, 5.74) is 6.14. The minimum absolute atomic E-state index is 0.0713. The van der Waals surface area contributed by atoms with Crippen molar-refractivity contribution in [2.24, 2.45) is 5.73 Å². The molecular formula is C13H20Cl2N2O2S. The van der Waals surface area contributed by atoms with E-state index in [4.69, 9.17) is 28.9 Å². The van der Waals surface area contributed by atoms with Gasteiger partial charge in [0.05, 0.1) is 5.02 Å². The lowest BCUT2D eigenvalue weighted by Gasteiger charge is -2.21. The number of unbranched alkanes of at least 4 members (excludes halogenated alkanes) is 1. The molecule has 0 aromatic heterocycles. The first-order chi connectivity index (χ1) is 9.38. The molecule has 0 amide bonds. The summed E-state index contributed by atoms with van der Waals surface area (Å²) < 4.78 is 26.7. The fourth-order valence-electron chi connectivity index (χ4n) is 1.85. The van der Waals surface area contributed by atoms with Gasteiger partial charge in [0.15, 0.2) is 0 Å². The second-order valence-corrected chi connectivity index (χ2v) is 7.15. The minimum atomic E-state index is -3.62. The van der Waals surface area contributed by atoms with Crippen LogP contribution in [0.5, 0.6) is 0 Å². The zero-order valence-corrected chi connectivity index (χ0v) is 14.0. The Kier molecular flexibility index (Phi) is 6.75. The Balaban J connectivity index is 3.26. The van der Waals surface area contributed by atoms with Crippen LogP contribution in [0.15, 0.2) is 17.0 Å². The number of benzene rings is 1. The summed E-state index contributed by atoms with van der Waals surface area (Å²) in [6.45, 7) is 4.87. The van der Waals surface area contributed by atoms with Crippen molar-refractivity contribution in [1.82, 2.24) is 4.31 Å². The molecule has 0 saturated heterocycles. The third kappa shape index (κ3) is 3.86. The molecule has 4 nitrogen and oxygen atoms in total. The van der Waals surface area contributed by atoms with Gasteiger partial charge < -0.3 is 5.73 Å². The number of hydrogen-bond acceptors (Lipinski definition) is 3. The SMILES string of the molecule is CCCCN(CC)S(=O)(=O)c1cc(CN)c(Cl)cc1Cl. The summed E-state index contributed by atoms with van der Waals surface area (Å²) in [4.78, 5) is 0.0713. The van der Waals surface area contributed by atoms with E-state index in [0.717, 1.165) is 12.8 Å². The van der Waals surface area contributed by atoms with E-state index in [1.165, 1.54) is 16.4 Å². The molecule has 1 aromatic carbocycles. The van der Waals surface area contributed by atoms with Crippen LogP contribution in [-0.4, -0.2) is 25.8 Å². The largest absolute Gasteiger partial charge is 0.326 e. The van der Waals surface area contributed by atoms with Crippen molar-refractivity contribution in [3.63, 3.8) is 0 Å². The first kappa shape index (κ1) is 17.7. The normalized spacial score (nSPS) is 12.1. The van der Waals surface area contributed by atoms with E-state index < -0.39 is 10.0 Å². The van der Waals surface area contributed by atoms with Crippen LogP contribution in [0.3, 0.4) is 0 Å². The Morgan fingerprint density at radius 2 is 1.85 bits per heavy atom. The molecule has 0 aliphatic carbocycles. The van der Waals surface area contributed by atoms with Gasteiger partial charge in [0.1, 0.15) is 4.90 Å². The van der Waals surface area contributed by atoms with E-state index in [9.17, 15) is 8.42 Å². The van der Waals surface area contributed by atoms with Gasteiger partial charge in [0.25, 0.3) is 0 Å². The Hall–Kier alpha value is -0.330. The molecule has 0 saturated carbocycles. The van der Waals surface area contributed by atoms with Crippen LogP contribution in [0, 0.1) is 0 Å². The number of hydrogen-bond donors (Lipinski definition) is 1. The van der Waals surface area contributed by atoms with Crippen LogP contribution in [-0.2, 0) is 16.6 Å². The summed E-state index contributed by atoms with van der Waals surface area (Å²) in [7, 11) is -3.62. The van der Waals surface area contributed by atoms with E-state index in [1.54, 1.807) is 6.92 Å². The minimum Gasteiger partial charge on any atom is -0.326 e. The highest BCUT2D eigenvalue weighted by Crippen LogP contribution is 2.30. The number of rotatable bonds is 7. The van der Waals surface area contributed by atoms with Crippen LogP contribution in [0.2, 0.25) is 10.0 Å². The maximum absolute atomic E-state index is 12.6. The molecule has 0 atom stereocenters. The van der Waals surface area contributed by atoms with Crippen molar-refractivity contribution in [3.05, 3.63) is 27.7 Å². The highest BCUT2D eigenvalue weighted by atomic mass is 35.5. The first-order valence-corrected chi connectivity index (χ1v) is 8.76. The Morgan fingerprint density at radius 1 is 1.20 bits per heavy atom. The van der Waals surface area contributed by atoms with Crippen LogP contribution in [0.4, 0.5) is 0 Å². The smallest absolute Gasteiger partial charge is 0.244 e. The molecule has 7 heteroatoms. The molecule has 0 radical (unpaired) electrons. The number of sulfonamides is 1. The lowest BCUT2D eigenvalue weighted by Crippen LogP contribution is -2.32. The van der Waals surface area contributed by atoms with E-state index >= 15 is 0 Å². The van der Waals surface area contributed by atoms with Gasteiger partial charge in [-0.15, -0.1) is 0 Å². The summed E-state index contributed by atoms with van der Waals surface area (Å²) in [6, 6.07) is 2.90. The van der Waals surface area contributed by atoms with Crippen molar-refractivity contribution in [3.8, 4) is 0 Å². The average Bonchev–Trinajstić information content (AvgIpc) is 2.39. The molecule has 114 valence electrons. The first-order valence-electron chi connectivity index (χ1n) is 6.56. The Bertz CT molecular complexity index is 562. The molecule has 0 aliphatic rings. The average molecular weight is 339 g/mol. The molecular weight excluding hydrogens is 319 g/mol. The van der Waals surface area contributed by atoms with E-state index in [-0.39, 0.29) is 16.5 Å². The zero-order chi connectivity index (χ0) is 15.3.